The second-order valence-corrected chi connectivity index (χ2v) is 19.6. The molecule has 0 bridgehead atoms. The molecule has 15 rings (SSSR count). The summed E-state index contributed by atoms with van der Waals surface area (Å²) in [6, 6.07) is 70.9. The summed E-state index contributed by atoms with van der Waals surface area (Å²) in [5.74, 6) is 2.02. The Hall–Kier alpha value is -8.03. The van der Waals surface area contributed by atoms with E-state index in [4.69, 9.17) is 15.0 Å². The zero-order valence-corrected chi connectivity index (χ0v) is 36.9. The van der Waals surface area contributed by atoms with Crippen LogP contribution in [0.5, 0.6) is 0 Å². The van der Waals surface area contributed by atoms with Crippen LogP contribution < -0.4 is 0 Å². The zero-order chi connectivity index (χ0) is 43.0. The highest BCUT2D eigenvalue weighted by atomic mass is 32.1. The topological polar surface area (TPSA) is 43.6 Å². The maximum Gasteiger partial charge on any atom is 0.165 e. The molecule has 1 aliphatic carbocycles. The quantitative estimate of drug-likeness (QED) is 0.177. The first-order valence-corrected chi connectivity index (χ1v) is 24.0. The van der Waals surface area contributed by atoms with Crippen LogP contribution in [0.4, 0.5) is 0 Å². The van der Waals surface area contributed by atoms with Crippen molar-refractivity contribution in [1.82, 2.24) is 19.5 Å². The maximum absolute atomic E-state index is 5.60. The van der Waals surface area contributed by atoms with E-state index in [1.807, 2.05) is 0 Å². The summed E-state index contributed by atoms with van der Waals surface area (Å²) < 4.78 is 7.36. The van der Waals surface area contributed by atoms with Gasteiger partial charge in [-0.15, -0.1) is 22.7 Å². The Labute approximate surface area is 386 Å². The standard InChI is InChI=1S/C60H34N4S2/c1-2-15-36-31-52-50(29-35(36)14-1)43-28-27-34-13-3-6-18-40(34)55(43)64(52)38-32-49-39-17-5-4-16-37(39)30-48(49)51(33-38)60-62-58(46-23-11-21-44-41-19-7-9-25-53(41)65-56(44)46)61-59(63-60)47-24-12-22-45-42-20-8-10-26-54(42)66-57(45)47/h1-29,31-33H,30H2. The molecule has 0 atom stereocenters. The van der Waals surface area contributed by atoms with Crippen LogP contribution in [0.15, 0.2) is 194 Å². The van der Waals surface area contributed by atoms with Gasteiger partial charge in [0.05, 0.1) is 11.0 Å². The molecule has 4 aromatic heterocycles. The Bertz CT molecular complexity index is 4270. The van der Waals surface area contributed by atoms with Crippen molar-refractivity contribution in [2.75, 3.05) is 0 Å². The van der Waals surface area contributed by atoms with E-state index < -0.39 is 0 Å². The monoisotopic (exact) mass is 874 g/mol. The third-order valence-corrected chi connectivity index (χ3v) is 16.3. The van der Waals surface area contributed by atoms with Crippen molar-refractivity contribution in [2.45, 2.75) is 6.42 Å². The highest BCUT2D eigenvalue weighted by Gasteiger charge is 2.28. The van der Waals surface area contributed by atoms with Crippen LogP contribution in [0, 0.1) is 0 Å². The van der Waals surface area contributed by atoms with Crippen LogP contribution in [0.3, 0.4) is 0 Å². The van der Waals surface area contributed by atoms with Gasteiger partial charge >= 0.3 is 0 Å². The van der Waals surface area contributed by atoms with Gasteiger partial charge in [0.25, 0.3) is 0 Å². The molecule has 4 heterocycles. The summed E-state index contributed by atoms with van der Waals surface area (Å²) in [7, 11) is 0. The lowest BCUT2D eigenvalue weighted by molar-refractivity contribution is 1.07. The molecule has 1 aliphatic rings. The number of hydrogen-bond donors (Lipinski definition) is 0. The van der Waals surface area contributed by atoms with Gasteiger partial charge in [-0.05, 0) is 93.4 Å². The molecule has 0 aliphatic heterocycles. The molecule has 0 N–H and O–H groups in total. The first-order valence-electron chi connectivity index (χ1n) is 22.4. The fourth-order valence-electron chi connectivity index (χ4n) is 10.9. The Morgan fingerprint density at radius 3 is 1.59 bits per heavy atom. The number of thiophene rings is 2. The summed E-state index contributed by atoms with van der Waals surface area (Å²) in [4.78, 5) is 16.7. The largest absolute Gasteiger partial charge is 0.309 e. The highest BCUT2D eigenvalue weighted by Crippen LogP contribution is 2.47. The van der Waals surface area contributed by atoms with Gasteiger partial charge in [0.2, 0.25) is 0 Å². The average Bonchev–Trinajstić information content (AvgIpc) is 4.14. The summed E-state index contributed by atoms with van der Waals surface area (Å²) in [5, 5.41) is 12.3. The third-order valence-electron chi connectivity index (χ3n) is 13.9. The zero-order valence-electron chi connectivity index (χ0n) is 35.3. The van der Waals surface area contributed by atoms with Gasteiger partial charge in [-0.3, -0.25) is 0 Å². The van der Waals surface area contributed by atoms with E-state index in [1.54, 1.807) is 22.7 Å². The van der Waals surface area contributed by atoms with E-state index in [0.717, 1.165) is 28.8 Å². The average molecular weight is 875 g/mol. The van der Waals surface area contributed by atoms with Crippen LogP contribution in [-0.4, -0.2) is 19.5 Å². The number of aromatic nitrogens is 4. The SMILES string of the molecule is c1ccc2c(c1)Cc1c(-c3nc(-c4cccc5c4sc4ccccc45)nc(-c4cccc5c4sc4ccccc45)n3)cc(-n3c4cc5ccccc5cc4c4ccc5ccccc5c43)cc1-2. The minimum absolute atomic E-state index is 0.674. The van der Waals surface area contributed by atoms with Crippen molar-refractivity contribution < 1.29 is 0 Å². The number of benzene rings is 10. The summed E-state index contributed by atoms with van der Waals surface area (Å²) in [5.41, 5.74) is 11.5. The predicted molar refractivity (Wildman–Crippen MR) is 280 cm³/mol. The van der Waals surface area contributed by atoms with Crippen LogP contribution in [0.25, 0.3) is 135 Å². The highest BCUT2D eigenvalue weighted by molar-refractivity contribution is 7.26. The third kappa shape index (κ3) is 5.22. The van der Waals surface area contributed by atoms with Gasteiger partial charge in [-0.2, -0.15) is 0 Å². The fourth-order valence-corrected chi connectivity index (χ4v) is 13.3. The van der Waals surface area contributed by atoms with E-state index in [1.165, 1.54) is 106 Å². The molecule has 306 valence electrons. The summed E-state index contributed by atoms with van der Waals surface area (Å²) >= 11 is 3.61. The van der Waals surface area contributed by atoms with Crippen molar-refractivity contribution >= 4 is 106 Å². The normalized spacial score (nSPS) is 12.5. The van der Waals surface area contributed by atoms with Crippen LogP contribution in [0.1, 0.15) is 11.1 Å². The van der Waals surface area contributed by atoms with Crippen molar-refractivity contribution in [2.24, 2.45) is 0 Å². The smallest absolute Gasteiger partial charge is 0.165 e. The van der Waals surface area contributed by atoms with Gasteiger partial charge in [-0.1, -0.05) is 146 Å². The molecule has 0 saturated carbocycles. The molecule has 10 aromatic carbocycles. The number of hydrogen-bond acceptors (Lipinski definition) is 5. The molecular formula is C60H34N4S2. The van der Waals surface area contributed by atoms with E-state index >= 15 is 0 Å². The molecule has 0 saturated heterocycles. The first-order chi connectivity index (χ1) is 32.7. The number of nitrogens with zero attached hydrogens (tertiary/aromatic N) is 4. The molecule has 4 nitrogen and oxygen atoms in total. The first kappa shape index (κ1) is 36.3. The second kappa shape index (κ2) is 13.7. The van der Waals surface area contributed by atoms with Crippen molar-refractivity contribution in [3.63, 3.8) is 0 Å². The Morgan fingerprint density at radius 1 is 0.364 bits per heavy atom. The number of rotatable bonds is 4. The molecule has 0 spiro atoms. The molecular weight excluding hydrogens is 841 g/mol. The Morgan fingerprint density at radius 2 is 0.894 bits per heavy atom. The molecule has 66 heavy (non-hydrogen) atoms. The molecule has 14 aromatic rings. The second-order valence-electron chi connectivity index (χ2n) is 17.5. The molecule has 0 fully saturated rings. The lowest BCUT2D eigenvalue weighted by atomic mass is 9.98. The van der Waals surface area contributed by atoms with Gasteiger partial charge < -0.3 is 4.57 Å². The Kier molecular flexibility index (Phi) is 7.56. The minimum Gasteiger partial charge on any atom is -0.309 e. The van der Waals surface area contributed by atoms with E-state index in [2.05, 4.69) is 199 Å². The molecule has 0 radical (unpaired) electrons. The molecule has 6 heteroatoms. The molecule has 0 amide bonds. The van der Waals surface area contributed by atoms with Gasteiger partial charge in [-0.25, -0.2) is 15.0 Å². The van der Waals surface area contributed by atoms with Crippen molar-refractivity contribution in [3.05, 3.63) is 205 Å². The van der Waals surface area contributed by atoms with Gasteiger partial charge in [0.15, 0.2) is 17.5 Å². The number of fused-ring (bicyclic) bond motifs is 15. The Balaban J connectivity index is 1.06. The maximum atomic E-state index is 5.60. The lowest BCUT2D eigenvalue weighted by Crippen LogP contribution is -2.04. The van der Waals surface area contributed by atoms with Gasteiger partial charge in [0.1, 0.15) is 0 Å². The van der Waals surface area contributed by atoms with Crippen LogP contribution in [0.2, 0.25) is 0 Å². The van der Waals surface area contributed by atoms with E-state index in [9.17, 15) is 0 Å². The van der Waals surface area contributed by atoms with E-state index in [-0.39, 0.29) is 0 Å². The van der Waals surface area contributed by atoms with Crippen molar-refractivity contribution in [1.29, 1.82) is 0 Å². The van der Waals surface area contributed by atoms with Crippen LogP contribution in [-0.2, 0) is 6.42 Å². The van der Waals surface area contributed by atoms with Gasteiger partial charge in [0, 0.05) is 78.9 Å². The predicted octanol–water partition coefficient (Wildman–Crippen LogP) is 16.6. The van der Waals surface area contributed by atoms with Crippen molar-refractivity contribution in [3.8, 4) is 51.0 Å². The van der Waals surface area contributed by atoms with E-state index in [0.29, 0.717) is 17.5 Å². The minimum atomic E-state index is 0.674. The summed E-state index contributed by atoms with van der Waals surface area (Å²) in [6.45, 7) is 0. The molecule has 0 unspecified atom stereocenters. The fraction of sp³-hybridized carbons (Fsp3) is 0.0167. The van der Waals surface area contributed by atoms with Crippen LogP contribution >= 0.6 is 22.7 Å². The summed E-state index contributed by atoms with van der Waals surface area (Å²) in [6.07, 6.45) is 0.788. The lowest BCUT2D eigenvalue weighted by Gasteiger charge is -2.17.